The molecule has 0 unspecified atom stereocenters. The topological polar surface area (TPSA) is 47.0 Å². The highest BCUT2D eigenvalue weighted by Crippen LogP contribution is 2.36. The number of para-hydroxylation sites is 1. The molecule has 1 N–H and O–H groups in total. The lowest BCUT2D eigenvalue weighted by Gasteiger charge is -2.17. The van der Waals surface area contributed by atoms with Gasteiger partial charge in [-0.15, -0.1) is 0 Å². The molecule has 0 amide bonds. The molecule has 0 saturated heterocycles. The Morgan fingerprint density at radius 3 is 2.60 bits per heavy atom. The van der Waals surface area contributed by atoms with Crippen LogP contribution in [0.2, 0.25) is 0 Å². The molecule has 0 fully saturated rings. The Morgan fingerprint density at radius 2 is 1.95 bits per heavy atom. The molecule has 0 atom stereocenters. The number of hydrogen-bond donors (Lipinski definition) is 1. The highest BCUT2D eigenvalue weighted by Gasteiger charge is 2.18. The van der Waals surface area contributed by atoms with Crippen molar-refractivity contribution >= 4 is 5.82 Å². The Kier molecular flexibility index (Phi) is 4.56. The van der Waals surface area contributed by atoms with Crippen molar-refractivity contribution in [3.05, 3.63) is 36.2 Å². The normalized spacial score (nSPS) is 10.7. The first-order chi connectivity index (χ1) is 9.69. The van der Waals surface area contributed by atoms with E-state index in [9.17, 15) is 0 Å². The number of ether oxygens (including phenoxy) is 1. The Morgan fingerprint density at radius 1 is 1.20 bits per heavy atom. The molecule has 20 heavy (non-hydrogen) atoms. The first-order valence-corrected chi connectivity index (χ1v) is 6.91. The lowest BCUT2D eigenvalue weighted by Crippen LogP contribution is -2.08. The van der Waals surface area contributed by atoms with Gasteiger partial charge in [0, 0.05) is 17.7 Å². The van der Waals surface area contributed by atoms with Crippen LogP contribution in [-0.2, 0) is 0 Å². The first-order valence-electron chi connectivity index (χ1n) is 6.91. The van der Waals surface area contributed by atoms with Crippen LogP contribution in [0.3, 0.4) is 0 Å². The van der Waals surface area contributed by atoms with Crippen molar-refractivity contribution < 1.29 is 4.74 Å². The summed E-state index contributed by atoms with van der Waals surface area (Å²) >= 11 is 0. The van der Waals surface area contributed by atoms with Crippen molar-refractivity contribution in [2.24, 2.45) is 0 Å². The summed E-state index contributed by atoms with van der Waals surface area (Å²) in [5.74, 6) is 2.05. The third kappa shape index (κ3) is 2.74. The third-order valence-electron chi connectivity index (χ3n) is 3.17. The summed E-state index contributed by atoms with van der Waals surface area (Å²) in [5, 5.41) is 3.31. The monoisotopic (exact) mass is 271 g/mol. The molecule has 2 aromatic rings. The predicted octanol–water partition coefficient (Wildman–Crippen LogP) is 3.71. The molecule has 2 rings (SSSR count). The van der Waals surface area contributed by atoms with E-state index in [1.165, 1.54) is 0 Å². The van der Waals surface area contributed by atoms with E-state index in [-0.39, 0.29) is 0 Å². The van der Waals surface area contributed by atoms with Crippen LogP contribution in [0, 0.1) is 0 Å². The zero-order valence-corrected chi connectivity index (χ0v) is 12.5. The van der Waals surface area contributed by atoms with Gasteiger partial charge in [0.1, 0.15) is 17.9 Å². The van der Waals surface area contributed by atoms with E-state index in [2.05, 4.69) is 36.1 Å². The fraction of sp³-hybridized carbons (Fsp3) is 0.375. The number of methoxy groups -OCH3 is 1. The number of anilines is 1. The largest absolute Gasteiger partial charge is 0.496 e. The molecule has 0 aliphatic heterocycles. The predicted molar refractivity (Wildman–Crippen MR) is 82.3 cm³/mol. The number of rotatable bonds is 5. The molecule has 1 aromatic carbocycles. The van der Waals surface area contributed by atoms with Crippen LogP contribution in [0.1, 0.15) is 32.3 Å². The average molecular weight is 271 g/mol. The molecule has 1 heterocycles. The molecular weight excluding hydrogens is 250 g/mol. The maximum Gasteiger partial charge on any atom is 0.133 e. The molecule has 0 aliphatic carbocycles. The van der Waals surface area contributed by atoms with Gasteiger partial charge in [0.2, 0.25) is 0 Å². The molecule has 106 valence electrons. The van der Waals surface area contributed by atoms with Crippen molar-refractivity contribution in [3.63, 3.8) is 0 Å². The molecule has 1 aromatic heterocycles. The number of nitrogens with one attached hydrogen (secondary N) is 1. The molecular formula is C16H21N3O. The summed E-state index contributed by atoms with van der Waals surface area (Å²) < 4.78 is 5.45. The van der Waals surface area contributed by atoms with E-state index in [0.717, 1.165) is 34.9 Å². The maximum atomic E-state index is 5.45. The van der Waals surface area contributed by atoms with Gasteiger partial charge in [0.05, 0.1) is 12.8 Å². The van der Waals surface area contributed by atoms with Crippen LogP contribution >= 0.6 is 0 Å². The van der Waals surface area contributed by atoms with E-state index in [0.29, 0.717) is 5.92 Å². The summed E-state index contributed by atoms with van der Waals surface area (Å²) in [6.07, 6.45) is 1.60. The van der Waals surface area contributed by atoms with Gasteiger partial charge in [-0.25, -0.2) is 9.97 Å². The minimum atomic E-state index is 0.324. The van der Waals surface area contributed by atoms with Crippen molar-refractivity contribution in [2.45, 2.75) is 26.7 Å². The summed E-state index contributed by atoms with van der Waals surface area (Å²) in [5.41, 5.74) is 3.06. The van der Waals surface area contributed by atoms with Crippen LogP contribution in [-0.4, -0.2) is 23.6 Å². The fourth-order valence-corrected chi connectivity index (χ4v) is 2.31. The fourth-order valence-electron chi connectivity index (χ4n) is 2.31. The smallest absolute Gasteiger partial charge is 0.133 e. The minimum absolute atomic E-state index is 0.324. The second-order valence-corrected chi connectivity index (χ2v) is 4.87. The molecule has 0 spiro atoms. The minimum Gasteiger partial charge on any atom is -0.496 e. The Labute approximate surface area is 120 Å². The molecule has 0 aliphatic rings. The van der Waals surface area contributed by atoms with E-state index in [1.54, 1.807) is 13.4 Å². The Balaban J connectivity index is 2.64. The van der Waals surface area contributed by atoms with Gasteiger partial charge in [-0.3, -0.25) is 0 Å². The zero-order valence-electron chi connectivity index (χ0n) is 12.5. The maximum absolute atomic E-state index is 5.45. The highest BCUT2D eigenvalue weighted by molar-refractivity contribution is 5.74. The van der Waals surface area contributed by atoms with Crippen LogP contribution in [0.25, 0.3) is 11.3 Å². The molecule has 0 radical (unpaired) electrons. The molecule has 4 heteroatoms. The van der Waals surface area contributed by atoms with Gasteiger partial charge in [-0.1, -0.05) is 26.0 Å². The van der Waals surface area contributed by atoms with Crippen molar-refractivity contribution in [1.29, 1.82) is 0 Å². The van der Waals surface area contributed by atoms with E-state index >= 15 is 0 Å². The molecule has 0 saturated carbocycles. The summed E-state index contributed by atoms with van der Waals surface area (Å²) in [4.78, 5) is 8.86. The van der Waals surface area contributed by atoms with Gasteiger partial charge in [-0.2, -0.15) is 0 Å². The van der Waals surface area contributed by atoms with Crippen molar-refractivity contribution in [1.82, 2.24) is 9.97 Å². The van der Waals surface area contributed by atoms with Crippen LogP contribution in [0.4, 0.5) is 5.82 Å². The standard InChI is InChI=1S/C16H21N3O/c1-5-17-16-14(11(2)3)15(18-10-19-16)12-8-6-7-9-13(12)20-4/h6-11H,5H2,1-4H3,(H,17,18,19). The lowest BCUT2D eigenvalue weighted by atomic mass is 9.97. The van der Waals surface area contributed by atoms with Gasteiger partial charge in [-0.05, 0) is 25.0 Å². The quantitative estimate of drug-likeness (QED) is 0.900. The van der Waals surface area contributed by atoms with Gasteiger partial charge < -0.3 is 10.1 Å². The van der Waals surface area contributed by atoms with Gasteiger partial charge in [0.25, 0.3) is 0 Å². The third-order valence-corrected chi connectivity index (χ3v) is 3.17. The first kappa shape index (κ1) is 14.3. The summed E-state index contributed by atoms with van der Waals surface area (Å²) in [7, 11) is 1.68. The molecule has 4 nitrogen and oxygen atoms in total. The van der Waals surface area contributed by atoms with Crippen molar-refractivity contribution in [3.8, 4) is 17.0 Å². The van der Waals surface area contributed by atoms with Gasteiger partial charge in [0.15, 0.2) is 0 Å². The van der Waals surface area contributed by atoms with E-state index < -0.39 is 0 Å². The number of aromatic nitrogens is 2. The van der Waals surface area contributed by atoms with Crippen LogP contribution in [0.15, 0.2) is 30.6 Å². The molecule has 0 bridgehead atoms. The van der Waals surface area contributed by atoms with Crippen LogP contribution < -0.4 is 10.1 Å². The summed E-state index contributed by atoms with van der Waals surface area (Å²) in [6.45, 7) is 7.20. The summed E-state index contributed by atoms with van der Waals surface area (Å²) in [6, 6.07) is 7.94. The Bertz CT molecular complexity index is 582. The second kappa shape index (κ2) is 6.37. The lowest BCUT2D eigenvalue weighted by molar-refractivity contribution is 0.416. The van der Waals surface area contributed by atoms with Crippen molar-refractivity contribution in [2.75, 3.05) is 19.0 Å². The number of benzene rings is 1. The van der Waals surface area contributed by atoms with E-state index in [1.807, 2.05) is 24.3 Å². The van der Waals surface area contributed by atoms with Gasteiger partial charge >= 0.3 is 0 Å². The Hall–Kier alpha value is -2.10. The SMILES string of the molecule is CCNc1ncnc(-c2ccccc2OC)c1C(C)C. The van der Waals surface area contributed by atoms with E-state index in [4.69, 9.17) is 4.74 Å². The highest BCUT2D eigenvalue weighted by atomic mass is 16.5. The zero-order chi connectivity index (χ0) is 14.5. The number of nitrogens with zero attached hydrogens (tertiary/aromatic N) is 2. The van der Waals surface area contributed by atoms with Crippen LogP contribution in [0.5, 0.6) is 5.75 Å². The average Bonchev–Trinajstić information content (AvgIpc) is 2.47. The number of hydrogen-bond acceptors (Lipinski definition) is 4. The second-order valence-electron chi connectivity index (χ2n) is 4.87.